The number of halogens is 2. The quantitative estimate of drug-likeness (QED) is 0.921. The second kappa shape index (κ2) is 5.89. The van der Waals surface area contributed by atoms with E-state index in [9.17, 15) is 13.2 Å². The second-order valence-electron chi connectivity index (χ2n) is 4.65. The van der Waals surface area contributed by atoms with Crippen LogP contribution in [-0.2, 0) is 14.8 Å². The minimum Gasteiger partial charge on any atom is -0.325 e. The van der Waals surface area contributed by atoms with Gasteiger partial charge in [0.05, 0.1) is 16.3 Å². The van der Waals surface area contributed by atoms with Crippen molar-refractivity contribution in [3.8, 4) is 0 Å². The van der Waals surface area contributed by atoms with E-state index < -0.39 is 16.1 Å². The van der Waals surface area contributed by atoms with E-state index in [2.05, 4.69) is 5.32 Å². The molecular weight excluding hydrogens is 323 g/mol. The number of rotatable bonds is 3. The van der Waals surface area contributed by atoms with Gasteiger partial charge in [0.1, 0.15) is 6.04 Å². The van der Waals surface area contributed by atoms with Gasteiger partial charge in [-0.15, -0.1) is 0 Å². The highest BCUT2D eigenvalue weighted by molar-refractivity contribution is 7.88. The predicted octanol–water partition coefficient (Wildman–Crippen LogP) is 2.36. The Bertz CT molecular complexity index is 634. The van der Waals surface area contributed by atoms with Crippen molar-refractivity contribution in [2.45, 2.75) is 18.9 Å². The lowest BCUT2D eigenvalue weighted by Crippen LogP contribution is -2.42. The zero-order valence-electron chi connectivity index (χ0n) is 10.8. The number of nitrogens with zero attached hydrogens (tertiary/aromatic N) is 1. The number of hydrogen-bond acceptors (Lipinski definition) is 3. The van der Waals surface area contributed by atoms with E-state index in [-0.39, 0.29) is 5.91 Å². The van der Waals surface area contributed by atoms with E-state index in [1.807, 2.05) is 0 Å². The molecular formula is C12H14Cl2N2O3S. The van der Waals surface area contributed by atoms with Gasteiger partial charge in [-0.05, 0) is 31.0 Å². The highest BCUT2D eigenvalue weighted by Gasteiger charge is 2.36. The summed E-state index contributed by atoms with van der Waals surface area (Å²) in [6, 6.07) is 4.05. The van der Waals surface area contributed by atoms with Gasteiger partial charge < -0.3 is 5.32 Å². The van der Waals surface area contributed by atoms with Gasteiger partial charge in [-0.25, -0.2) is 8.42 Å². The third-order valence-electron chi connectivity index (χ3n) is 3.12. The minimum atomic E-state index is -3.38. The summed E-state index contributed by atoms with van der Waals surface area (Å²) in [6.07, 6.45) is 2.30. The molecule has 1 amide bonds. The molecule has 1 heterocycles. The van der Waals surface area contributed by atoms with Crippen LogP contribution in [0.4, 0.5) is 5.69 Å². The molecule has 1 aliphatic rings. The standard InChI is InChI=1S/C12H14Cl2N2O3S/c1-20(18,19)16-6-2-3-11(16)12(17)15-8-4-5-9(13)10(14)7-8/h4-5,7,11H,2-3,6H2,1H3,(H,15,17). The number of carbonyl (C=O) groups is 1. The number of hydrogen-bond donors (Lipinski definition) is 1. The fraction of sp³-hybridized carbons (Fsp3) is 0.417. The Balaban J connectivity index is 2.13. The van der Waals surface area contributed by atoms with Crippen molar-refractivity contribution in [2.24, 2.45) is 0 Å². The Kier molecular flexibility index (Phi) is 4.59. The number of carbonyl (C=O) groups excluding carboxylic acids is 1. The van der Waals surface area contributed by atoms with Crippen molar-refractivity contribution in [1.29, 1.82) is 0 Å². The maximum absolute atomic E-state index is 12.2. The van der Waals surface area contributed by atoms with Crippen molar-refractivity contribution in [3.05, 3.63) is 28.2 Å². The molecule has 1 saturated heterocycles. The Morgan fingerprint density at radius 1 is 1.35 bits per heavy atom. The molecule has 5 nitrogen and oxygen atoms in total. The summed E-state index contributed by atoms with van der Waals surface area (Å²) in [4.78, 5) is 12.2. The molecule has 1 unspecified atom stereocenters. The topological polar surface area (TPSA) is 66.5 Å². The highest BCUT2D eigenvalue weighted by atomic mass is 35.5. The predicted molar refractivity (Wildman–Crippen MR) is 79.7 cm³/mol. The number of nitrogens with one attached hydrogen (secondary N) is 1. The van der Waals surface area contributed by atoms with Crippen LogP contribution in [0.1, 0.15) is 12.8 Å². The first kappa shape index (κ1) is 15.6. The van der Waals surface area contributed by atoms with Crippen LogP contribution in [-0.4, -0.2) is 37.5 Å². The van der Waals surface area contributed by atoms with Gasteiger partial charge in [0, 0.05) is 12.2 Å². The Morgan fingerprint density at radius 3 is 2.65 bits per heavy atom. The lowest BCUT2D eigenvalue weighted by Gasteiger charge is -2.21. The summed E-state index contributed by atoms with van der Waals surface area (Å²) in [5, 5.41) is 3.39. The van der Waals surface area contributed by atoms with Gasteiger partial charge in [-0.1, -0.05) is 23.2 Å². The van der Waals surface area contributed by atoms with Crippen LogP contribution in [0.2, 0.25) is 10.0 Å². The Hall–Kier alpha value is -0.820. The smallest absolute Gasteiger partial charge is 0.242 e. The maximum Gasteiger partial charge on any atom is 0.242 e. The van der Waals surface area contributed by atoms with Crippen LogP contribution in [0.3, 0.4) is 0 Å². The third-order valence-corrected chi connectivity index (χ3v) is 5.15. The summed E-state index contributed by atoms with van der Waals surface area (Å²) in [6.45, 7) is 0.373. The average Bonchev–Trinajstić information content (AvgIpc) is 2.83. The third kappa shape index (κ3) is 3.44. The van der Waals surface area contributed by atoms with E-state index in [1.165, 1.54) is 10.4 Å². The van der Waals surface area contributed by atoms with E-state index >= 15 is 0 Å². The molecule has 1 aromatic carbocycles. The van der Waals surface area contributed by atoms with E-state index in [1.54, 1.807) is 12.1 Å². The van der Waals surface area contributed by atoms with Crippen LogP contribution in [0.15, 0.2) is 18.2 Å². The first-order valence-corrected chi connectivity index (χ1v) is 8.62. The number of amides is 1. The normalized spacial score (nSPS) is 20.1. The van der Waals surface area contributed by atoms with Gasteiger partial charge in [-0.3, -0.25) is 4.79 Å². The molecule has 1 aromatic rings. The largest absolute Gasteiger partial charge is 0.325 e. The van der Waals surface area contributed by atoms with Crippen molar-refractivity contribution in [2.75, 3.05) is 18.1 Å². The van der Waals surface area contributed by atoms with Crippen LogP contribution in [0.5, 0.6) is 0 Å². The lowest BCUT2D eigenvalue weighted by molar-refractivity contribution is -0.119. The summed E-state index contributed by atoms with van der Waals surface area (Å²) in [5.74, 6) is -0.355. The summed E-state index contributed by atoms with van der Waals surface area (Å²) in [5.41, 5.74) is 0.491. The monoisotopic (exact) mass is 336 g/mol. The van der Waals surface area contributed by atoms with Gasteiger partial charge in [0.2, 0.25) is 15.9 Å². The minimum absolute atomic E-state index is 0.329. The van der Waals surface area contributed by atoms with Crippen molar-refractivity contribution in [3.63, 3.8) is 0 Å². The Labute approximate surface area is 127 Å². The molecule has 1 fully saturated rings. The molecule has 0 bridgehead atoms. The molecule has 0 aliphatic carbocycles. The van der Waals surface area contributed by atoms with Crippen molar-refractivity contribution in [1.82, 2.24) is 4.31 Å². The number of sulfonamides is 1. The molecule has 1 N–H and O–H groups in total. The van der Waals surface area contributed by atoms with Gasteiger partial charge >= 0.3 is 0 Å². The van der Waals surface area contributed by atoms with Gasteiger partial charge in [-0.2, -0.15) is 4.31 Å². The molecule has 0 saturated carbocycles. The number of benzene rings is 1. The van der Waals surface area contributed by atoms with Crippen molar-refractivity contribution >= 4 is 44.8 Å². The molecule has 1 aliphatic heterocycles. The molecule has 2 rings (SSSR count). The molecule has 0 spiro atoms. The van der Waals surface area contributed by atoms with E-state index in [4.69, 9.17) is 23.2 Å². The average molecular weight is 337 g/mol. The zero-order valence-corrected chi connectivity index (χ0v) is 13.1. The van der Waals surface area contributed by atoms with E-state index in [0.29, 0.717) is 35.1 Å². The highest BCUT2D eigenvalue weighted by Crippen LogP contribution is 2.26. The van der Waals surface area contributed by atoms with Gasteiger partial charge in [0.15, 0.2) is 0 Å². The first-order chi connectivity index (χ1) is 9.29. The molecule has 8 heteroatoms. The Morgan fingerprint density at radius 2 is 2.05 bits per heavy atom. The molecule has 20 heavy (non-hydrogen) atoms. The van der Waals surface area contributed by atoms with Crippen molar-refractivity contribution < 1.29 is 13.2 Å². The fourth-order valence-electron chi connectivity index (χ4n) is 2.20. The molecule has 0 radical (unpaired) electrons. The fourth-order valence-corrected chi connectivity index (χ4v) is 3.62. The maximum atomic E-state index is 12.2. The van der Waals surface area contributed by atoms with Crippen LogP contribution >= 0.6 is 23.2 Å². The van der Waals surface area contributed by atoms with Crippen LogP contribution < -0.4 is 5.32 Å². The van der Waals surface area contributed by atoms with Gasteiger partial charge in [0.25, 0.3) is 0 Å². The molecule has 0 aromatic heterocycles. The number of anilines is 1. The SMILES string of the molecule is CS(=O)(=O)N1CCCC1C(=O)Nc1ccc(Cl)c(Cl)c1. The lowest BCUT2D eigenvalue weighted by atomic mass is 10.2. The summed E-state index contributed by atoms with van der Waals surface area (Å²) in [7, 11) is -3.38. The second-order valence-corrected chi connectivity index (χ2v) is 7.40. The zero-order chi connectivity index (χ0) is 14.9. The summed E-state index contributed by atoms with van der Waals surface area (Å²) >= 11 is 11.7. The van der Waals surface area contributed by atoms with Crippen LogP contribution in [0, 0.1) is 0 Å². The van der Waals surface area contributed by atoms with Crippen LogP contribution in [0.25, 0.3) is 0 Å². The first-order valence-electron chi connectivity index (χ1n) is 6.02. The molecule has 110 valence electrons. The van der Waals surface area contributed by atoms with E-state index in [0.717, 1.165) is 6.26 Å². The summed E-state index contributed by atoms with van der Waals surface area (Å²) < 4.78 is 24.4. The molecule has 1 atom stereocenters.